The van der Waals surface area contributed by atoms with E-state index in [1.807, 2.05) is 24.3 Å². The van der Waals surface area contributed by atoms with Crippen molar-refractivity contribution in [3.63, 3.8) is 0 Å². The molecule has 1 aromatic rings. The van der Waals surface area contributed by atoms with Crippen molar-refractivity contribution in [2.45, 2.75) is 51.6 Å². The predicted molar refractivity (Wildman–Crippen MR) is 97.5 cm³/mol. The SMILES string of the molecule is CCCC[C@H]1CO[C@H](CC[C@H]2CO[C@H](c3ccc(Cl)cc3)OC2)OC1. The van der Waals surface area contributed by atoms with E-state index in [1.54, 1.807) is 0 Å². The quantitative estimate of drug-likeness (QED) is 0.681. The zero-order chi connectivity index (χ0) is 17.5. The van der Waals surface area contributed by atoms with Gasteiger partial charge in [0, 0.05) is 22.4 Å². The first-order chi connectivity index (χ1) is 12.2. The van der Waals surface area contributed by atoms with Gasteiger partial charge in [0.15, 0.2) is 12.6 Å². The van der Waals surface area contributed by atoms with Crippen molar-refractivity contribution in [3.05, 3.63) is 34.9 Å². The first-order valence-corrected chi connectivity index (χ1v) is 9.84. The molecule has 0 unspecified atom stereocenters. The van der Waals surface area contributed by atoms with Crippen LogP contribution in [0, 0.1) is 11.8 Å². The molecule has 0 radical (unpaired) electrons. The Labute approximate surface area is 155 Å². The van der Waals surface area contributed by atoms with Gasteiger partial charge in [-0.25, -0.2) is 0 Å². The van der Waals surface area contributed by atoms with Crippen molar-refractivity contribution in [1.82, 2.24) is 0 Å². The highest BCUT2D eigenvalue weighted by molar-refractivity contribution is 6.30. The molecule has 140 valence electrons. The molecule has 2 aliphatic rings. The van der Waals surface area contributed by atoms with Gasteiger partial charge < -0.3 is 18.9 Å². The largest absolute Gasteiger partial charge is 0.352 e. The number of halogens is 1. The van der Waals surface area contributed by atoms with Gasteiger partial charge >= 0.3 is 0 Å². The van der Waals surface area contributed by atoms with E-state index in [-0.39, 0.29) is 12.6 Å². The Morgan fingerprint density at radius 3 is 2.08 bits per heavy atom. The fraction of sp³-hybridized carbons (Fsp3) is 0.700. The van der Waals surface area contributed by atoms with Crippen LogP contribution in [-0.2, 0) is 18.9 Å². The second kappa shape index (κ2) is 9.89. The third-order valence-electron chi connectivity index (χ3n) is 4.92. The second-order valence-corrected chi connectivity index (χ2v) is 7.53. The highest BCUT2D eigenvalue weighted by Crippen LogP contribution is 2.29. The van der Waals surface area contributed by atoms with Crippen LogP contribution < -0.4 is 0 Å². The maximum absolute atomic E-state index is 5.92. The van der Waals surface area contributed by atoms with E-state index in [1.165, 1.54) is 19.3 Å². The Kier molecular flexibility index (Phi) is 7.56. The van der Waals surface area contributed by atoms with E-state index >= 15 is 0 Å². The average Bonchev–Trinajstić information content (AvgIpc) is 2.67. The normalized spacial score (nSPS) is 30.3. The Balaban J connectivity index is 1.32. The molecule has 2 fully saturated rings. The molecule has 4 nitrogen and oxygen atoms in total. The monoisotopic (exact) mass is 368 g/mol. The summed E-state index contributed by atoms with van der Waals surface area (Å²) >= 11 is 5.92. The topological polar surface area (TPSA) is 36.9 Å². The van der Waals surface area contributed by atoms with Gasteiger partial charge in [0.25, 0.3) is 0 Å². The van der Waals surface area contributed by atoms with Crippen LogP contribution in [-0.4, -0.2) is 32.7 Å². The Morgan fingerprint density at radius 1 is 0.840 bits per heavy atom. The van der Waals surface area contributed by atoms with Crippen molar-refractivity contribution in [3.8, 4) is 0 Å². The molecule has 0 bridgehead atoms. The smallest absolute Gasteiger partial charge is 0.183 e. The van der Waals surface area contributed by atoms with Crippen molar-refractivity contribution in [2.24, 2.45) is 11.8 Å². The minimum Gasteiger partial charge on any atom is -0.352 e. The fourth-order valence-electron chi connectivity index (χ4n) is 3.30. The lowest BCUT2D eigenvalue weighted by molar-refractivity contribution is -0.220. The van der Waals surface area contributed by atoms with Crippen LogP contribution >= 0.6 is 11.6 Å². The first kappa shape index (κ1) is 19.1. The van der Waals surface area contributed by atoms with Crippen molar-refractivity contribution in [2.75, 3.05) is 26.4 Å². The summed E-state index contributed by atoms with van der Waals surface area (Å²) in [5, 5.41) is 0.724. The summed E-state index contributed by atoms with van der Waals surface area (Å²) in [6.07, 6.45) is 5.26. The minimum atomic E-state index is -0.282. The number of unbranched alkanes of at least 4 members (excludes halogenated alkanes) is 1. The molecule has 2 saturated heterocycles. The predicted octanol–water partition coefficient (Wildman–Crippen LogP) is 4.96. The fourth-order valence-corrected chi connectivity index (χ4v) is 3.43. The zero-order valence-corrected chi connectivity index (χ0v) is 15.7. The van der Waals surface area contributed by atoms with Gasteiger partial charge in [-0.2, -0.15) is 0 Å². The number of ether oxygens (including phenoxy) is 4. The van der Waals surface area contributed by atoms with E-state index in [0.29, 0.717) is 25.0 Å². The van der Waals surface area contributed by atoms with Gasteiger partial charge in [-0.1, -0.05) is 43.5 Å². The molecule has 0 saturated carbocycles. The molecule has 0 atom stereocenters. The summed E-state index contributed by atoms with van der Waals surface area (Å²) in [5.74, 6) is 0.964. The third-order valence-corrected chi connectivity index (χ3v) is 5.17. The van der Waals surface area contributed by atoms with Gasteiger partial charge in [-0.15, -0.1) is 0 Å². The molecular weight excluding hydrogens is 340 g/mol. The highest BCUT2D eigenvalue weighted by atomic mass is 35.5. The van der Waals surface area contributed by atoms with E-state index < -0.39 is 0 Å². The lowest BCUT2D eigenvalue weighted by Crippen LogP contribution is -2.33. The maximum Gasteiger partial charge on any atom is 0.183 e. The van der Waals surface area contributed by atoms with Crippen LogP contribution in [0.4, 0.5) is 0 Å². The van der Waals surface area contributed by atoms with Crippen LogP contribution in [0.2, 0.25) is 5.02 Å². The summed E-state index contributed by atoms with van der Waals surface area (Å²) in [4.78, 5) is 0. The highest BCUT2D eigenvalue weighted by Gasteiger charge is 2.26. The van der Waals surface area contributed by atoms with Crippen LogP contribution in [0.1, 0.15) is 50.9 Å². The van der Waals surface area contributed by atoms with E-state index in [4.69, 9.17) is 30.5 Å². The Hall–Kier alpha value is -0.650. The first-order valence-electron chi connectivity index (χ1n) is 9.46. The Morgan fingerprint density at radius 2 is 1.44 bits per heavy atom. The van der Waals surface area contributed by atoms with E-state index in [9.17, 15) is 0 Å². The van der Waals surface area contributed by atoms with Crippen LogP contribution in [0.25, 0.3) is 0 Å². The number of hydrogen-bond acceptors (Lipinski definition) is 4. The summed E-state index contributed by atoms with van der Waals surface area (Å²) in [6, 6.07) is 7.63. The molecule has 0 amide bonds. The van der Waals surface area contributed by atoms with Gasteiger partial charge in [0.05, 0.1) is 26.4 Å². The minimum absolute atomic E-state index is 0.0631. The summed E-state index contributed by atoms with van der Waals surface area (Å²) < 4.78 is 23.5. The molecule has 2 heterocycles. The Bertz CT molecular complexity index is 491. The maximum atomic E-state index is 5.92. The summed E-state index contributed by atoms with van der Waals surface area (Å²) in [6.45, 7) is 5.30. The average molecular weight is 369 g/mol. The van der Waals surface area contributed by atoms with Gasteiger partial charge in [-0.05, 0) is 31.4 Å². The van der Waals surface area contributed by atoms with Gasteiger partial charge in [0.2, 0.25) is 0 Å². The molecule has 2 aliphatic heterocycles. The molecule has 3 rings (SSSR count). The van der Waals surface area contributed by atoms with Gasteiger partial charge in [-0.3, -0.25) is 0 Å². The van der Waals surface area contributed by atoms with Crippen LogP contribution in [0.15, 0.2) is 24.3 Å². The van der Waals surface area contributed by atoms with Crippen molar-refractivity contribution < 1.29 is 18.9 Å². The number of benzene rings is 1. The standard InChI is InChI=1S/C20H29ClO4/c1-2-3-4-15-11-22-19(23-12-15)10-5-16-13-24-20(25-14-16)17-6-8-18(21)9-7-17/h6-9,15-16,19-20H,2-5,10-14H2,1H3/t15-,16-,19-,20-. The number of hydrogen-bond donors (Lipinski definition) is 0. The molecule has 0 spiro atoms. The molecule has 1 aromatic carbocycles. The summed E-state index contributed by atoms with van der Waals surface area (Å²) in [5.41, 5.74) is 1.01. The van der Waals surface area contributed by atoms with Gasteiger partial charge in [0.1, 0.15) is 0 Å². The lowest BCUT2D eigenvalue weighted by atomic mass is 10.0. The lowest BCUT2D eigenvalue weighted by Gasteiger charge is -2.32. The molecule has 0 aliphatic carbocycles. The van der Waals surface area contributed by atoms with Crippen molar-refractivity contribution >= 4 is 11.6 Å². The molecule has 25 heavy (non-hydrogen) atoms. The number of rotatable bonds is 7. The summed E-state index contributed by atoms with van der Waals surface area (Å²) in [7, 11) is 0. The zero-order valence-electron chi connectivity index (χ0n) is 15.0. The van der Waals surface area contributed by atoms with Crippen molar-refractivity contribution in [1.29, 1.82) is 0 Å². The van der Waals surface area contributed by atoms with E-state index in [0.717, 1.165) is 36.6 Å². The molecule has 5 heteroatoms. The van der Waals surface area contributed by atoms with E-state index in [2.05, 4.69) is 6.92 Å². The van der Waals surface area contributed by atoms with Crippen LogP contribution in [0.5, 0.6) is 0 Å². The molecular formula is C20H29ClO4. The molecule has 0 aromatic heterocycles. The second-order valence-electron chi connectivity index (χ2n) is 7.10. The third kappa shape index (κ3) is 5.93. The van der Waals surface area contributed by atoms with Crippen LogP contribution in [0.3, 0.4) is 0 Å². The molecule has 0 N–H and O–H groups in total.